The number of carbonyl (C=O) groups excluding carboxylic acids is 2. The topological polar surface area (TPSA) is 98.7 Å². The summed E-state index contributed by atoms with van der Waals surface area (Å²) in [7, 11) is 0. The molecule has 6 heteroatoms. The van der Waals surface area contributed by atoms with E-state index in [0.717, 1.165) is 27.5 Å². The second-order valence-electron chi connectivity index (χ2n) is 7.83. The van der Waals surface area contributed by atoms with Crippen molar-refractivity contribution in [3.63, 3.8) is 0 Å². The molecular weight excluding hydrogens is 416 g/mol. The van der Waals surface area contributed by atoms with Crippen molar-refractivity contribution in [3.05, 3.63) is 102 Å². The predicted octanol–water partition coefficient (Wildman–Crippen LogP) is 4.32. The fourth-order valence-electron chi connectivity index (χ4n) is 4.06. The van der Waals surface area contributed by atoms with Crippen LogP contribution in [0.25, 0.3) is 27.5 Å². The number of phenols is 2. The van der Waals surface area contributed by atoms with E-state index < -0.39 is 11.8 Å². The predicted molar refractivity (Wildman–Crippen MR) is 126 cm³/mol. The van der Waals surface area contributed by atoms with E-state index in [0.29, 0.717) is 23.2 Å². The molecular formula is C27H20N2O4. The van der Waals surface area contributed by atoms with Crippen LogP contribution in [0.2, 0.25) is 0 Å². The summed E-state index contributed by atoms with van der Waals surface area (Å²) in [5.74, 6) is -1.33. The lowest BCUT2D eigenvalue weighted by Gasteiger charge is -2.20. The highest BCUT2D eigenvalue weighted by atomic mass is 16.3. The molecule has 162 valence electrons. The average Bonchev–Trinajstić information content (AvgIpc) is 2.82. The van der Waals surface area contributed by atoms with Gasteiger partial charge in [0.2, 0.25) is 0 Å². The van der Waals surface area contributed by atoms with E-state index in [1.165, 1.54) is 12.1 Å². The van der Waals surface area contributed by atoms with Gasteiger partial charge in [0, 0.05) is 23.9 Å². The Kier molecular flexibility index (Phi) is 5.03. The Bertz CT molecular complexity index is 1450. The van der Waals surface area contributed by atoms with Crippen molar-refractivity contribution < 1.29 is 19.8 Å². The third-order valence-corrected chi connectivity index (χ3v) is 5.72. The molecule has 33 heavy (non-hydrogen) atoms. The molecule has 0 fully saturated rings. The lowest BCUT2D eigenvalue weighted by molar-refractivity contribution is -0.114. The van der Waals surface area contributed by atoms with Gasteiger partial charge in [-0.15, -0.1) is 0 Å². The molecule has 0 radical (unpaired) electrons. The minimum absolute atomic E-state index is 0.197. The third-order valence-electron chi connectivity index (χ3n) is 5.72. The molecule has 0 saturated heterocycles. The van der Waals surface area contributed by atoms with Gasteiger partial charge in [-0.1, -0.05) is 54.6 Å². The van der Waals surface area contributed by atoms with Gasteiger partial charge in [0.25, 0.3) is 11.8 Å². The highest BCUT2D eigenvalue weighted by Crippen LogP contribution is 2.33. The van der Waals surface area contributed by atoms with Crippen LogP contribution in [-0.4, -0.2) is 22.0 Å². The minimum Gasteiger partial charge on any atom is -0.504 e. The summed E-state index contributed by atoms with van der Waals surface area (Å²) in [6, 6.07) is 24.1. The molecule has 0 aliphatic carbocycles. The number of benzene rings is 4. The standard InChI is InChI=1S/C27H20N2O4/c30-24-11-8-16(12-25(24)31)14-28-15-23-22-13-18(9-10-21(22)26(32)29-27(23)33)20-7-3-5-17-4-1-2-6-19(17)20/h1-13,15,28,30-31H,14H2,(H,29,32,33)/b23-15+. The van der Waals surface area contributed by atoms with Gasteiger partial charge in [0.1, 0.15) is 0 Å². The quantitative estimate of drug-likeness (QED) is 0.217. The molecule has 1 heterocycles. The zero-order chi connectivity index (χ0) is 22.9. The Morgan fingerprint density at radius 1 is 0.758 bits per heavy atom. The summed E-state index contributed by atoms with van der Waals surface area (Å²) in [6.45, 7) is 0.316. The molecule has 1 aliphatic rings. The Morgan fingerprint density at radius 2 is 1.58 bits per heavy atom. The maximum atomic E-state index is 12.7. The van der Waals surface area contributed by atoms with Crippen molar-refractivity contribution in [1.29, 1.82) is 0 Å². The number of rotatable bonds is 4. The number of hydrogen-bond acceptors (Lipinski definition) is 5. The number of phenolic OH excluding ortho intramolecular Hbond substituents is 2. The lowest BCUT2D eigenvalue weighted by Crippen LogP contribution is -2.37. The van der Waals surface area contributed by atoms with Crippen molar-refractivity contribution in [2.45, 2.75) is 6.54 Å². The zero-order valence-electron chi connectivity index (χ0n) is 17.5. The Labute approximate surface area is 189 Å². The molecule has 5 rings (SSSR count). The second kappa shape index (κ2) is 8.16. The molecule has 0 bridgehead atoms. The number of aromatic hydroxyl groups is 2. The molecule has 2 amide bonds. The van der Waals surface area contributed by atoms with Crippen LogP contribution in [0.4, 0.5) is 0 Å². The Hall–Kier alpha value is -4.58. The first-order valence-corrected chi connectivity index (χ1v) is 10.4. The summed E-state index contributed by atoms with van der Waals surface area (Å²) in [5.41, 5.74) is 3.96. The number of fused-ring (bicyclic) bond motifs is 2. The second-order valence-corrected chi connectivity index (χ2v) is 7.83. The van der Waals surface area contributed by atoms with Gasteiger partial charge >= 0.3 is 0 Å². The molecule has 0 spiro atoms. The normalized spacial score (nSPS) is 14.2. The van der Waals surface area contributed by atoms with Gasteiger partial charge < -0.3 is 15.5 Å². The molecule has 1 aliphatic heterocycles. The fourth-order valence-corrected chi connectivity index (χ4v) is 4.06. The van der Waals surface area contributed by atoms with Gasteiger partial charge in [-0.2, -0.15) is 0 Å². The number of nitrogens with one attached hydrogen (secondary N) is 2. The molecule has 0 unspecified atom stereocenters. The van der Waals surface area contributed by atoms with Crippen molar-refractivity contribution in [1.82, 2.24) is 10.6 Å². The van der Waals surface area contributed by atoms with Crippen LogP contribution in [0.5, 0.6) is 11.5 Å². The fraction of sp³-hybridized carbons (Fsp3) is 0.0370. The van der Waals surface area contributed by atoms with Crippen molar-refractivity contribution in [2.75, 3.05) is 0 Å². The zero-order valence-corrected chi connectivity index (χ0v) is 17.5. The summed E-state index contributed by atoms with van der Waals surface area (Å²) >= 11 is 0. The van der Waals surface area contributed by atoms with Crippen LogP contribution in [-0.2, 0) is 11.3 Å². The number of hydrogen-bond donors (Lipinski definition) is 4. The molecule has 4 aromatic rings. The van der Waals surface area contributed by atoms with E-state index in [4.69, 9.17) is 0 Å². The summed E-state index contributed by atoms with van der Waals surface area (Å²) < 4.78 is 0. The van der Waals surface area contributed by atoms with E-state index in [-0.39, 0.29) is 11.5 Å². The van der Waals surface area contributed by atoms with Crippen LogP contribution >= 0.6 is 0 Å². The highest BCUT2D eigenvalue weighted by molar-refractivity contribution is 6.31. The Balaban J connectivity index is 1.53. The molecule has 0 saturated carbocycles. The minimum atomic E-state index is -0.483. The van der Waals surface area contributed by atoms with E-state index in [2.05, 4.69) is 10.6 Å². The van der Waals surface area contributed by atoms with Crippen LogP contribution in [0, 0.1) is 0 Å². The van der Waals surface area contributed by atoms with Crippen LogP contribution < -0.4 is 10.6 Å². The van der Waals surface area contributed by atoms with E-state index in [9.17, 15) is 19.8 Å². The molecule has 0 atom stereocenters. The SMILES string of the molecule is O=C1NC(=O)c2ccc(-c3cccc4ccccc34)cc2/C1=C\NCc1ccc(O)c(O)c1. The van der Waals surface area contributed by atoms with Gasteiger partial charge in [-0.05, 0) is 51.7 Å². The van der Waals surface area contributed by atoms with Crippen molar-refractivity contribution in [3.8, 4) is 22.6 Å². The van der Waals surface area contributed by atoms with Crippen LogP contribution in [0.15, 0.2) is 85.1 Å². The maximum Gasteiger partial charge on any atom is 0.260 e. The molecule has 6 nitrogen and oxygen atoms in total. The molecule has 4 aromatic carbocycles. The van der Waals surface area contributed by atoms with Gasteiger partial charge in [-0.3, -0.25) is 14.9 Å². The van der Waals surface area contributed by atoms with Gasteiger partial charge in [0.15, 0.2) is 11.5 Å². The van der Waals surface area contributed by atoms with Gasteiger partial charge in [0.05, 0.1) is 5.57 Å². The van der Waals surface area contributed by atoms with E-state index in [1.54, 1.807) is 18.3 Å². The monoisotopic (exact) mass is 436 g/mol. The first kappa shape index (κ1) is 20.3. The summed E-state index contributed by atoms with van der Waals surface area (Å²) in [6.07, 6.45) is 1.57. The molecule has 0 aromatic heterocycles. The first-order valence-electron chi connectivity index (χ1n) is 10.4. The van der Waals surface area contributed by atoms with Crippen molar-refractivity contribution >= 4 is 28.2 Å². The number of imide groups is 1. The maximum absolute atomic E-state index is 12.7. The van der Waals surface area contributed by atoms with E-state index >= 15 is 0 Å². The summed E-state index contributed by atoms with van der Waals surface area (Å²) in [5, 5.41) is 26.8. The molecule has 4 N–H and O–H groups in total. The average molecular weight is 436 g/mol. The third kappa shape index (κ3) is 3.78. The van der Waals surface area contributed by atoms with Gasteiger partial charge in [-0.25, -0.2) is 0 Å². The van der Waals surface area contributed by atoms with E-state index in [1.807, 2.05) is 54.6 Å². The number of carbonyl (C=O) groups is 2. The Morgan fingerprint density at radius 3 is 2.42 bits per heavy atom. The van der Waals surface area contributed by atoms with Crippen molar-refractivity contribution in [2.24, 2.45) is 0 Å². The first-order chi connectivity index (χ1) is 16.0. The smallest absolute Gasteiger partial charge is 0.260 e. The largest absolute Gasteiger partial charge is 0.504 e. The highest BCUT2D eigenvalue weighted by Gasteiger charge is 2.27. The summed E-state index contributed by atoms with van der Waals surface area (Å²) in [4.78, 5) is 25.1. The van der Waals surface area contributed by atoms with Crippen LogP contribution in [0.1, 0.15) is 21.5 Å². The number of amides is 2. The lowest BCUT2D eigenvalue weighted by atomic mass is 9.90. The van der Waals surface area contributed by atoms with Crippen LogP contribution in [0.3, 0.4) is 0 Å².